The van der Waals surface area contributed by atoms with Gasteiger partial charge in [-0.2, -0.15) is 0 Å². The first-order valence-corrected chi connectivity index (χ1v) is 22.5. The normalized spacial score (nSPS) is 12.2. The van der Waals surface area contributed by atoms with Gasteiger partial charge in [0.1, 0.15) is 11.6 Å². The molecule has 0 atom stereocenters. The van der Waals surface area contributed by atoms with Crippen LogP contribution in [0.25, 0.3) is 118 Å². The van der Waals surface area contributed by atoms with Crippen LogP contribution in [0.1, 0.15) is 11.1 Å². The minimum Gasteiger partial charge on any atom is -0.309 e. The van der Waals surface area contributed by atoms with E-state index < -0.39 is 0 Å². The minimum absolute atomic E-state index is 0.340. The third kappa shape index (κ3) is 4.76. The maximum absolute atomic E-state index is 16.9. The van der Waals surface area contributed by atoms with Crippen LogP contribution in [0.4, 0.5) is 8.78 Å². The van der Waals surface area contributed by atoms with Crippen molar-refractivity contribution in [3.63, 3.8) is 0 Å². The molecule has 6 heteroatoms. The number of benzene rings is 9. The van der Waals surface area contributed by atoms with Crippen LogP contribution in [0.5, 0.6) is 0 Å². The quantitative estimate of drug-likeness (QED) is 0.167. The maximum atomic E-state index is 16.9. The molecule has 0 saturated carbocycles. The lowest BCUT2D eigenvalue weighted by molar-refractivity contribution is 0.630. The SMILES string of the molecule is Cc1c(-c2ccccc2F)c(-n2c3ccccc3c3c4sc5ccccc5c4ccc32)c(-c2ccccc2F)c(C)c1-n1c2ccccc2c2c3sc4ccccc4c3ccc21. The van der Waals surface area contributed by atoms with Crippen molar-refractivity contribution in [2.45, 2.75) is 13.8 Å². The Bertz CT molecular complexity index is 3980. The predicted molar refractivity (Wildman–Crippen MR) is 261 cm³/mol. The molecule has 0 amide bonds. The molecule has 0 bridgehead atoms. The summed E-state index contributed by atoms with van der Waals surface area (Å²) in [4.78, 5) is 0. The minimum atomic E-state index is -0.340. The first-order valence-electron chi connectivity index (χ1n) is 20.8. The summed E-state index contributed by atoms with van der Waals surface area (Å²) in [5, 5.41) is 9.43. The molecule has 0 aliphatic carbocycles. The Labute approximate surface area is 362 Å². The lowest BCUT2D eigenvalue weighted by Crippen LogP contribution is -2.11. The van der Waals surface area contributed by atoms with Crippen molar-refractivity contribution in [1.82, 2.24) is 9.13 Å². The van der Waals surface area contributed by atoms with E-state index in [1.165, 1.54) is 57.9 Å². The highest BCUT2D eigenvalue weighted by Crippen LogP contribution is 2.52. The Morgan fingerprint density at radius 1 is 0.355 bits per heavy atom. The molecule has 294 valence electrons. The van der Waals surface area contributed by atoms with Gasteiger partial charge in [0.05, 0.1) is 33.4 Å². The van der Waals surface area contributed by atoms with Crippen molar-refractivity contribution >= 4 is 107 Å². The lowest BCUT2D eigenvalue weighted by Gasteiger charge is -2.27. The van der Waals surface area contributed by atoms with Crippen molar-refractivity contribution in [3.8, 4) is 33.6 Å². The van der Waals surface area contributed by atoms with Gasteiger partial charge in [-0.05, 0) is 73.5 Å². The summed E-state index contributed by atoms with van der Waals surface area (Å²) in [7, 11) is 0. The maximum Gasteiger partial charge on any atom is 0.131 e. The van der Waals surface area contributed by atoms with Crippen LogP contribution in [0.3, 0.4) is 0 Å². The van der Waals surface area contributed by atoms with E-state index in [-0.39, 0.29) is 11.6 Å². The molecule has 0 aliphatic rings. The Morgan fingerprint density at radius 3 is 1.21 bits per heavy atom. The van der Waals surface area contributed by atoms with E-state index in [9.17, 15) is 0 Å². The fourth-order valence-electron chi connectivity index (χ4n) is 10.5. The fraction of sp³-hybridized carbons (Fsp3) is 0.0357. The molecule has 0 N–H and O–H groups in total. The van der Waals surface area contributed by atoms with Crippen molar-refractivity contribution in [1.29, 1.82) is 0 Å². The van der Waals surface area contributed by atoms with Crippen LogP contribution >= 0.6 is 22.7 Å². The van der Waals surface area contributed by atoms with Crippen molar-refractivity contribution in [2.24, 2.45) is 0 Å². The number of para-hydroxylation sites is 2. The predicted octanol–water partition coefficient (Wildman–Crippen LogP) is 16.8. The smallest absolute Gasteiger partial charge is 0.131 e. The van der Waals surface area contributed by atoms with Crippen molar-refractivity contribution < 1.29 is 8.78 Å². The molecule has 2 nitrogen and oxygen atoms in total. The lowest BCUT2D eigenvalue weighted by atomic mass is 9.86. The number of hydrogen-bond acceptors (Lipinski definition) is 2. The molecule has 4 aromatic heterocycles. The number of thiophene rings is 2. The van der Waals surface area contributed by atoms with Crippen LogP contribution in [-0.4, -0.2) is 9.13 Å². The monoisotopic (exact) mass is 836 g/mol. The highest BCUT2D eigenvalue weighted by molar-refractivity contribution is 7.27. The summed E-state index contributed by atoms with van der Waals surface area (Å²) in [6.07, 6.45) is 0. The van der Waals surface area contributed by atoms with Gasteiger partial charge in [-0.15, -0.1) is 22.7 Å². The van der Waals surface area contributed by atoms with E-state index in [0.717, 1.165) is 71.9 Å². The van der Waals surface area contributed by atoms with Crippen LogP contribution in [0.2, 0.25) is 0 Å². The van der Waals surface area contributed by atoms with E-state index >= 15 is 8.78 Å². The Morgan fingerprint density at radius 2 is 0.742 bits per heavy atom. The van der Waals surface area contributed by atoms with Crippen molar-refractivity contribution in [3.05, 3.63) is 193 Å². The van der Waals surface area contributed by atoms with Crippen LogP contribution in [0.15, 0.2) is 170 Å². The molecule has 0 aliphatic heterocycles. The van der Waals surface area contributed by atoms with Crippen LogP contribution in [-0.2, 0) is 0 Å². The van der Waals surface area contributed by atoms with E-state index in [2.05, 4.69) is 144 Å². The largest absolute Gasteiger partial charge is 0.309 e. The molecule has 13 rings (SSSR count). The molecular formula is C56H34F2N2S2. The molecule has 9 aromatic carbocycles. The second-order valence-electron chi connectivity index (χ2n) is 16.2. The summed E-state index contributed by atoms with van der Waals surface area (Å²) in [5.41, 5.74) is 9.84. The van der Waals surface area contributed by atoms with E-state index in [1.54, 1.807) is 23.5 Å². The average molecular weight is 837 g/mol. The van der Waals surface area contributed by atoms with Gasteiger partial charge in [0, 0.05) is 84.1 Å². The summed E-state index contributed by atoms with van der Waals surface area (Å²) in [5.74, 6) is -0.680. The molecule has 0 spiro atoms. The van der Waals surface area contributed by atoms with Gasteiger partial charge in [-0.3, -0.25) is 0 Å². The third-order valence-electron chi connectivity index (χ3n) is 13.0. The molecule has 62 heavy (non-hydrogen) atoms. The topological polar surface area (TPSA) is 9.86 Å². The Kier molecular flexibility index (Phi) is 7.58. The van der Waals surface area contributed by atoms with Gasteiger partial charge in [-0.1, -0.05) is 121 Å². The van der Waals surface area contributed by atoms with Crippen molar-refractivity contribution in [2.75, 3.05) is 0 Å². The van der Waals surface area contributed by atoms with E-state index in [0.29, 0.717) is 11.1 Å². The summed E-state index contributed by atoms with van der Waals surface area (Å²) >= 11 is 3.61. The van der Waals surface area contributed by atoms with Gasteiger partial charge in [0.15, 0.2) is 0 Å². The summed E-state index contributed by atoms with van der Waals surface area (Å²) in [6.45, 7) is 4.24. The van der Waals surface area contributed by atoms with E-state index in [4.69, 9.17) is 0 Å². The molecule has 13 aromatic rings. The Hall–Kier alpha value is -7.12. The molecule has 0 unspecified atom stereocenters. The molecular weight excluding hydrogens is 803 g/mol. The second kappa shape index (κ2) is 13.2. The first-order chi connectivity index (χ1) is 30.5. The number of nitrogens with zero attached hydrogens (tertiary/aromatic N) is 2. The van der Waals surface area contributed by atoms with Gasteiger partial charge in [0.25, 0.3) is 0 Å². The third-order valence-corrected chi connectivity index (χ3v) is 15.4. The fourth-order valence-corrected chi connectivity index (χ4v) is 13.0. The summed E-state index contributed by atoms with van der Waals surface area (Å²) in [6, 6.07) is 57.2. The number of halogens is 2. The van der Waals surface area contributed by atoms with Crippen LogP contribution in [0, 0.1) is 25.5 Å². The zero-order valence-corrected chi connectivity index (χ0v) is 35.3. The van der Waals surface area contributed by atoms with Gasteiger partial charge in [-0.25, -0.2) is 8.78 Å². The average Bonchev–Trinajstić information content (AvgIpc) is 4.05. The highest BCUT2D eigenvalue weighted by atomic mass is 32.1. The molecule has 0 radical (unpaired) electrons. The molecule has 0 fully saturated rings. The van der Waals surface area contributed by atoms with E-state index in [1.807, 2.05) is 35.6 Å². The second-order valence-corrected chi connectivity index (χ2v) is 18.3. The van der Waals surface area contributed by atoms with Crippen LogP contribution < -0.4 is 0 Å². The van der Waals surface area contributed by atoms with Gasteiger partial charge in [0.2, 0.25) is 0 Å². The van der Waals surface area contributed by atoms with Gasteiger partial charge >= 0.3 is 0 Å². The number of aromatic nitrogens is 2. The zero-order valence-electron chi connectivity index (χ0n) is 33.6. The number of fused-ring (bicyclic) bond motifs is 14. The first kappa shape index (κ1) is 35.6. The number of hydrogen-bond donors (Lipinski definition) is 0. The van der Waals surface area contributed by atoms with Gasteiger partial charge < -0.3 is 9.13 Å². The number of rotatable bonds is 4. The Balaban J connectivity index is 1.26. The summed E-state index contributed by atoms with van der Waals surface area (Å²) < 4.78 is 43.4. The standard InChI is InChI=1S/C56H34F2N2S2/c1-31-49(37-17-3-9-21-41(37)57)54(60-44-24-12-6-20-40(44)52-46(60)30-28-36-34-16-8-14-26-48(34)62-56(36)52)50(38-18-4-10-22-42(38)58)32(2)53(31)59-43-23-11-5-19-39(43)51-45(59)29-27-35-33-15-7-13-25-47(33)61-55(35)51/h3-30H,1-2H3. The zero-order chi connectivity index (χ0) is 41.4. The highest BCUT2D eigenvalue weighted by Gasteiger charge is 2.31. The molecule has 0 saturated heterocycles. The molecule has 4 heterocycles.